The third kappa shape index (κ3) is 4.55. The number of fused-ring (bicyclic) bond motifs is 1. The van der Waals surface area contributed by atoms with Crippen molar-refractivity contribution in [1.82, 2.24) is 4.90 Å². The van der Waals surface area contributed by atoms with E-state index < -0.39 is 20.4 Å². The zero-order valence-corrected chi connectivity index (χ0v) is 21.7. The van der Waals surface area contributed by atoms with Gasteiger partial charge in [0.15, 0.2) is 8.32 Å². The molecule has 176 valence electrons. The molecule has 0 radical (unpaired) electrons. The monoisotopic (exact) mass is 451 g/mol. The lowest BCUT2D eigenvalue weighted by Crippen LogP contribution is -2.65. The lowest BCUT2D eigenvalue weighted by Gasteiger charge is -2.50. The highest BCUT2D eigenvalue weighted by molar-refractivity contribution is 6.74. The summed E-state index contributed by atoms with van der Waals surface area (Å²) >= 11 is 0. The predicted molar refractivity (Wildman–Crippen MR) is 125 cm³/mol. The molecule has 2 heterocycles. The summed E-state index contributed by atoms with van der Waals surface area (Å²) in [5.74, 6) is -1.22. The van der Waals surface area contributed by atoms with Crippen LogP contribution in [0.1, 0.15) is 54.9 Å². The van der Waals surface area contributed by atoms with Crippen LogP contribution in [0.3, 0.4) is 0 Å². The first-order valence-electron chi connectivity index (χ1n) is 11.4. The number of ether oxygens (including phenoxy) is 1. The Hall–Kier alpha value is -1.44. The Labute approximate surface area is 188 Å². The van der Waals surface area contributed by atoms with E-state index in [1.165, 1.54) is 6.08 Å². The van der Waals surface area contributed by atoms with E-state index >= 15 is 0 Å². The van der Waals surface area contributed by atoms with E-state index in [1.807, 2.05) is 27.7 Å². The maximum atomic E-state index is 13.3. The molecule has 31 heavy (non-hydrogen) atoms. The summed E-state index contributed by atoms with van der Waals surface area (Å²) in [6.07, 6.45) is 1.19. The van der Waals surface area contributed by atoms with Crippen LogP contribution in [0.2, 0.25) is 18.1 Å². The highest BCUT2D eigenvalue weighted by Crippen LogP contribution is 2.50. The van der Waals surface area contributed by atoms with Crippen molar-refractivity contribution in [2.45, 2.75) is 91.3 Å². The van der Waals surface area contributed by atoms with Gasteiger partial charge in [0.25, 0.3) is 0 Å². The molecule has 1 fully saturated rings. The minimum Gasteiger partial charge on any atom is -0.457 e. The van der Waals surface area contributed by atoms with Crippen molar-refractivity contribution in [3.63, 3.8) is 0 Å². The van der Waals surface area contributed by atoms with E-state index in [2.05, 4.69) is 40.4 Å². The van der Waals surface area contributed by atoms with Crippen LogP contribution in [0, 0.1) is 17.8 Å². The molecule has 6 nitrogen and oxygen atoms in total. The zero-order chi connectivity index (χ0) is 23.9. The lowest BCUT2D eigenvalue weighted by molar-refractivity contribution is -0.163. The minimum atomic E-state index is -2.06. The van der Waals surface area contributed by atoms with Crippen LogP contribution in [0.4, 0.5) is 0 Å². The topological polar surface area (TPSA) is 76.1 Å². The van der Waals surface area contributed by atoms with Crippen molar-refractivity contribution in [1.29, 1.82) is 0 Å². The molecule has 6 atom stereocenters. The summed E-state index contributed by atoms with van der Waals surface area (Å²) in [5, 5.41) is 11.1. The highest BCUT2D eigenvalue weighted by atomic mass is 28.4. The van der Waals surface area contributed by atoms with Gasteiger partial charge in [-0.3, -0.25) is 4.79 Å². The average molecular weight is 452 g/mol. The maximum Gasteiger partial charge on any atom is 0.355 e. The van der Waals surface area contributed by atoms with Crippen LogP contribution in [0.5, 0.6) is 0 Å². The number of aliphatic hydroxyl groups excluding tert-OH is 1. The molecule has 1 amide bonds. The maximum absolute atomic E-state index is 13.3. The molecule has 1 saturated heterocycles. The Morgan fingerprint density at radius 3 is 2.39 bits per heavy atom. The summed E-state index contributed by atoms with van der Waals surface area (Å²) in [7, 11) is -2.06. The molecule has 0 aromatic rings. The number of hydrogen-bond acceptors (Lipinski definition) is 5. The van der Waals surface area contributed by atoms with Gasteiger partial charge in [-0.1, -0.05) is 60.6 Å². The first kappa shape index (κ1) is 25.8. The van der Waals surface area contributed by atoms with Gasteiger partial charge in [-0.2, -0.15) is 0 Å². The first-order chi connectivity index (χ1) is 14.2. The van der Waals surface area contributed by atoms with Gasteiger partial charge in [-0.15, -0.1) is 0 Å². The van der Waals surface area contributed by atoms with Crippen LogP contribution >= 0.6 is 0 Å². The smallest absolute Gasteiger partial charge is 0.355 e. The van der Waals surface area contributed by atoms with E-state index in [9.17, 15) is 14.7 Å². The summed E-state index contributed by atoms with van der Waals surface area (Å²) < 4.78 is 11.8. The number of rotatable bonds is 9. The second kappa shape index (κ2) is 9.20. The van der Waals surface area contributed by atoms with Gasteiger partial charge in [0, 0.05) is 5.92 Å². The number of carbonyl (C=O) groups is 2. The molecule has 0 aromatic carbocycles. The third-order valence-electron chi connectivity index (χ3n) is 7.53. The van der Waals surface area contributed by atoms with Crippen LogP contribution in [-0.2, 0) is 18.8 Å². The standard InChI is InChI=1S/C24H41NO5Si/c1-11-13-29-23(28)20-17(21(26)14(3)12-2)15(4)19-18(22(27)25(19)20)16(5)30-31(9,10)24(6,7)8/h11,14-16,18-19,21,26H,1,12-13H2,2-10H3/t14?,15-,16+,18+,19?,21+/m0/s1. The zero-order valence-electron chi connectivity index (χ0n) is 20.7. The number of carbonyl (C=O) groups excluding carboxylic acids is 2. The number of amides is 1. The molecule has 2 aliphatic rings. The fraction of sp³-hybridized carbons (Fsp3) is 0.750. The number of aliphatic hydroxyl groups is 1. The van der Waals surface area contributed by atoms with Crippen LogP contribution in [0.15, 0.2) is 23.9 Å². The number of β-lactam (4-membered cyclic amide) rings is 1. The van der Waals surface area contributed by atoms with E-state index in [1.54, 1.807) is 4.90 Å². The van der Waals surface area contributed by atoms with Gasteiger partial charge in [0.2, 0.25) is 5.91 Å². The molecule has 1 N–H and O–H groups in total. The van der Waals surface area contributed by atoms with E-state index in [-0.39, 0.29) is 53.1 Å². The molecule has 0 aliphatic carbocycles. The van der Waals surface area contributed by atoms with Crippen molar-refractivity contribution < 1.29 is 23.9 Å². The Morgan fingerprint density at radius 2 is 1.90 bits per heavy atom. The molecule has 2 aliphatic heterocycles. The Kier molecular flexibility index (Phi) is 7.66. The Balaban J connectivity index is 2.38. The van der Waals surface area contributed by atoms with Crippen LogP contribution in [0.25, 0.3) is 0 Å². The molecular weight excluding hydrogens is 410 g/mol. The van der Waals surface area contributed by atoms with Crippen molar-refractivity contribution in [3.8, 4) is 0 Å². The summed E-state index contributed by atoms with van der Waals surface area (Å²) in [5.41, 5.74) is 0.830. The van der Waals surface area contributed by atoms with E-state index in [0.717, 1.165) is 6.42 Å². The third-order valence-corrected chi connectivity index (χ3v) is 12.1. The fourth-order valence-electron chi connectivity index (χ4n) is 4.42. The molecule has 0 bridgehead atoms. The van der Waals surface area contributed by atoms with Gasteiger partial charge in [0.05, 0.1) is 24.2 Å². The second-order valence-electron chi connectivity index (χ2n) is 10.6. The van der Waals surface area contributed by atoms with Crippen molar-refractivity contribution in [2.24, 2.45) is 17.8 Å². The average Bonchev–Trinajstić information content (AvgIpc) is 2.92. The van der Waals surface area contributed by atoms with Gasteiger partial charge >= 0.3 is 5.97 Å². The molecule has 2 unspecified atom stereocenters. The normalized spacial score (nSPS) is 26.8. The molecular formula is C24H41NO5Si. The summed E-state index contributed by atoms with van der Waals surface area (Å²) in [4.78, 5) is 27.7. The number of nitrogens with zero attached hydrogens (tertiary/aromatic N) is 1. The second-order valence-corrected chi connectivity index (χ2v) is 15.4. The number of hydrogen-bond donors (Lipinski definition) is 1. The van der Waals surface area contributed by atoms with E-state index in [4.69, 9.17) is 9.16 Å². The van der Waals surface area contributed by atoms with Crippen molar-refractivity contribution in [3.05, 3.63) is 23.9 Å². The van der Waals surface area contributed by atoms with Gasteiger partial charge < -0.3 is 19.2 Å². The van der Waals surface area contributed by atoms with Gasteiger partial charge in [-0.25, -0.2) is 4.79 Å². The summed E-state index contributed by atoms with van der Waals surface area (Å²) in [6.45, 7) is 22.4. The fourth-order valence-corrected chi connectivity index (χ4v) is 5.85. The van der Waals surface area contributed by atoms with Gasteiger partial charge in [0.1, 0.15) is 12.3 Å². The molecule has 0 spiro atoms. The molecule has 0 aromatic heterocycles. The largest absolute Gasteiger partial charge is 0.457 e. The SMILES string of the molecule is C=CCOC(=O)C1=C([C@H](O)C(C)CC)[C@H](C)C2[C@@H]([C@@H](C)O[Si](C)(C)C(C)(C)C)C(=O)N12. The van der Waals surface area contributed by atoms with Crippen molar-refractivity contribution in [2.75, 3.05) is 6.61 Å². The van der Waals surface area contributed by atoms with Crippen LogP contribution in [-0.4, -0.2) is 55.1 Å². The Bertz CT molecular complexity index is 754. The van der Waals surface area contributed by atoms with Gasteiger partial charge in [-0.05, 0) is 36.5 Å². The summed E-state index contributed by atoms with van der Waals surface area (Å²) in [6, 6.07) is -0.202. The number of esters is 1. The van der Waals surface area contributed by atoms with Crippen LogP contribution < -0.4 is 0 Å². The lowest BCUT2D eigenvalue weighted by atomic mass is 9.76. The molecule has 0 saturated carbocycles. The van der Waals surface area contributed by atoms with Crippen molar-refractivity contribution >= 4 is 20.2 Å². The molecule has 7 heteroatoms. The highest BCUT2D eigenvalue weighted by Gasteiger charge is 2.62. The first-order valence-corrected chi connectivity index (χ1v) is 14.3. The predicted octanol–water partition coefficient (Wildman–Crippen LogP) is 4.26. The van der Waals surface area contributed by atoms with E-state index in [0.29, 0.717) is 5.57 Å². The minimum absolute atomic E-state index is 0.0326. The molecule has 2 rings (SSSR count). The Morgan fingerprint density at radius 1 is 1.32 bits per heavy atom. The quantitative estimate of drug-likeness (QED) is 0.245.